The van der Waals surface area contributed by atoms with Gasteiger partial charge in [0.1, 0.15) is 18.3 Å². The Labute approximate surface area is 108 Å². The molecule has 1 heterocycles. The second-order valence-corrected chi connectivity index (χ2v) is 4.26. The highest BCUT2D eigenvalue weighted by molar-refractivity contribution is 5.75. The van der Waals surface area contributed by atoms with E-state index in [2.05, 4.69) is 0 Å². The van der Waals surface area contributed by atoms with Crippen LogP contribution in [0.4, 0.5) is 0 Å². The largest absolute Gasteiger partial charge is 0.477 e. The Morgan fingerprint density at radius 2 is 2.00 bits per heavy atom. The summed E-state index contributed by atoms with van der Waals surface area (Å²) < 4.78 is 4.75. The highest BCUT2D eigenvalue weighted by atomic mass is 16.7. The van der Waals surface area contributed by atoms with Crippen molar-refractivity contribution in [2.45, 2.75) is 42.7 Å². The van der Waals surface area contributed by atoms with Gasteiger partial charge in [-0.3, -0.25) is 0 Å². The van der Waals surface area contributed by atoms with Crippen molar-refractivity contribution >= 4 is 5.97 Å². The van der Waals surface area contributed by atoms with Gasteiger partial charge in [0.05, 0.1) is 18.8 Å². The summed E-state index contributed by atoms with van der Waals surface area (Å²) >= 11 is 0. The zero-order valence-electron chi connectivity index (χ0n) is 10.1. The summed E-state index contributed by atoms with van der Waals surface area (Å²) in [7, 11) is 0. The minimum Gasteiger partial charge on any atom is -0.477 e. The van der Waals surface area contributed by atoms with E-state index in [0.29, 0.717) is 0 Å². The number of aliphatic hydroxyl groups is 5. The Morgan fingerprint density at radius 3 is 2.42 bits per heavy atom. The zero-order chi connectivity index (χ0) is 14.1. The molecular formula is C9H20N2O8. The zero-order valence-corrected chi connectivity index (χ0v) is 10.1. The van der Waals surface area contributed by atoms with Crippen LogP contribution in [-0.2, 0) is 9.53 Å². The van der Waals surface area contributed by atoms with Crippen molar-refractivity contribution in [3.05, 3.63) is 0 Å². The first kappa shape index (κ1) is 18.1. The standard InChI is InChI=1S/C9H17NO8.H3N/c10-5-3(12)1-9(17,8(15)16)18-7(5)6(14)4(13)2-11;/h3-7,11-14,17H,1-2,10H2,(H,15,16);1H3/t3-,4?,5+,6?,7+,9?;/m0./s1. The molecule has 11 N–H and O–H groups in total. The number of hydrogen-bond acceptors (Lipinski definition) is 9. The first-order valence-corrected chi connectivity index (χ1v) is 5.27. The smallest absolute Gasteiger partial charge is 0.364 e. The van der Waals surface area contributed by atoms with Gasteiger partial charge in [-0.05, 0) is 0 Å². The van der Waals surface area contributed by atoms with Gasteiger partial charge in [0.25, 0.3) is 5.79 Å². The molecule has 0 aromatic carbocycles. The number of carboxylic acids is 1. The number of rotatable bonds is 4. The average Bonchev–Trinajstić information content (AvgIpc) is 2.31. The van der Waals surface area contributed by atoms with Crippen LogP contribution in [0.25, 0.3) is 0 Å². The summed E-state index contributed by atoms with van der Waals surface area (Å²) in [5, 5.41) is 55.5. The maximum absolute atomic E-state index is 10.8. The van der Waals surface area contributed by atoms with Gasteiger partial charge in [-0.15, -0.1) is 0 Å². The molecule has 10 heteroatoms. The molecule has 6 atom stereocenters. The molecule has 0 saturated carbocycles. The number of nitrogens with two attached hydrogens (primary N) is 1. The van der Waals surface area contributed by atoms with Crippen LogP contribution in [0.5, 0.6) is 0 Å². The third kappa shape index (κ3) is 3.58. The van der Waals surface area contributed by atoms with Crippen molar-refractivity contribution in [1.29, 1.82) is 0 Å². The van der Waals surface area contributed by atoms with Gasteiger partial charge >= 0.3 is 5.97 Å². The van der Waals surface area contributed by atoms with E-state index in [1.165, 1.54) is 0 Å². The van der Waals surface area contributed by atoms with Crippen molar-refractivity contribution in [3.63, 3.8) is 0 Å². The summed E-state index contributed by atoms with van der Waals surface area (Å²) in [4.78, 5) is 10.8. The number of carboxylic acid groups (broad SMARTS) is 1. The average molecular weight is 284 g/mol. The van der Waals surface area contributed by atoms with Crippen LogP contribution < -0.4 is 11.9 Å². The molecule has 0 bridgehead atoms. The summed E-state index contributed by atoms with van der Waals surface area (Å²) in [6.07, 6.45) is -7.01. The third-order valence-electron chi connectivity index (χ3n) is 2.89. The molecule has 1 fully saturated rings. The molecule has 0 radical (unpaired) electrons. The molecule has 10 nitrogen and oxygen atoms in total. The summed E-state index contributed by atoms with van der Waals surface area (Å²) in [5.41, 5.74) is 5.51. The maximum Gasteiger partial charge on any atom is 0.364 e. The number of carbonyl (C=O) groups is 1. The normalized spacial score (nSPS) is 38.1. The lowest BCUT2D eigenvalue weighted by Gasteiger charge is -2.43. The van der Waals surface area contributed by atoms with E-state index in [4.69, 9.17) is 20.7 Å². The van der Waals surface area contributed by atoms with Gasteiger partial charge in [-0.25, -0.2) is 4.79 Å². The second-order valence-electron chi connectivity index (χ2n) is 4.26. The minimum atomic E-state index is -2.70. The molecule has 0 amide bonds. The SMILES string of the molecule is N.N[C@@H]1[C@@H](O)CC(O)(C(=O)O)O[C@H]1C(O)C(O)CO. The van der Waals surface area contributed by atoms with E-state index in [1.54, 1.807) is 0 Å². The van der Waals surface area contributed by atoms with Crippen LogP contribution in [-0.4, -0.2) is 79.5 Å². The Morgan fingerprint density at radius 1 is 1.47 bits per heavy atom. The molecule has 1 rings (SSSR count). The van der Waals surface area contributed by atoms with Crippen LogP contribution in [0.15, 0.2) is 0 Å². The summed E-state index contributed by atoms with van der Waals surface area (Å²) in [6.45, 7) is -0.810. The topological polar surface area (TPSA) is 209 Å². The first-order valence-electron chi connectivity index (χ1n) is 5.27. The van der Waals surface area contributed by atoms with Crippen molar-refractivity contribution in [1.82, 2.24) is 6.15 Å². The molecular weight excluding hydrogens is 264 g/mol. The van der Waals surface area contributed by atoms with E-state index in [-0.39, 0.29) is 6.15 Å². The maximum atomic E-state index is 10.8. The predicted molar refractivity (Wildman–Crippen MR) is 60.2 cm³/mol. The minimum absolute atomic E-state index is 0. The van der Waals surface area contributed by atoms with Gasteiger partial charge in [0.15, 0.2) is 0 Å². The highest BCUT2D eigenvalue weighted by Crippen LogP contribution is 2.29. The van der Waals surface area contributed by atoms with Gasteiger partial charge in [-0.2, -0.15) is 0 Å². The Hall–Kier alpha value is -0.850. The van der Waals surface area contributed by atoms with Crippen LogP contribution in [0, 0.1) is 0 Å². The van der Waals surface area contributed by atoms with Crippen LogP contribution in [0.3, 0.4) is 0 Å². The fourth-order valence-corrected chi connectivity index (χ4v) is 1.75. The molecule has 1 saturated heterocycles. The molecule has 19 heavy (non-hydrogen) atoms. The Bertz CT molecular complexity index is 317. The van der Waals surface area contributed by atoms with Gasteiger partial charge < -0.3 is 47.3 Å². The van der Waals surface area contributed by atoms with Crippen molar-refractivity contribution in [2.24, 2.45) is 5.73 Å². The number of aliphatic hydroxyl groups excluding tert-OH is 4. The number of hydrogen-bond donors (Lipinski definition) is 8. The molecule has 0 spiro atoms. The molecule has 0 aromatic heterocycles. The predicted octanol–water partition coefficient (Wildman–Crippen LogP) is -3.89. The molecule has 114 valence electrons. The van der Waals surface area contributed by atoms with E-state index < -0.39 is 55.2 Å². The van der Waals surface area contributed by atoms with Gasteiger partial charge in [0.2, 0.25) is 0 Å². The fraction of sp³-hybridized carbons (Fsp3) is 0.889. The lowest BCUT2D eigenvalue weighted by Crippen LogP contribution is -2.65. The van der Waals surface area contributed by atoms with Crippen LogP contribution in [0.1, 0.15) is 6.42 Å². The van der Waals surface area contributed by atoms with Gasteiger partial charge in [0, 0.05) is 6.42 Å². The third-order valence-corrected chi connectivity index (χ3v) is 2.89. The van der Waals surface area contributed by atoms with Gasteiger partial charge in [-0.1, -0.05) is 0 Å². The van der Waals surface area contributed by atoms with Crippen molar-refractivity contribution < 1.29 is 40.2 Å². The van der Waals surface area contributed by atoms with Crippen molar-refractivity contribution in [3.8, 4) is 0 Å². The molecule has 1 aliphatic heterocycles. The summed E-state index contributed by atoms with van der Waals surface area (Å²) in [6, 6.07) is -1.21. The van der Waals surface area contributed by atoms with Crippen LogP contribution in [0.2, 0.25) is 0 Å². The Balaban J connectivity index is 0.00000324. The lowest BCUT2D eigenvalue weighted by atomic mass is 9.89. The molecule has 1 aliphatic rings. The fourth-order valence-electron chi connectivity index (χ4n) is 1.75. The number of aliphatic carboxylic acids is 1. The lowest BCUT2D eigenvalue weighted by molar-refractivity contribution is -0.292. The molecule has 0 aromatic rings. The Kier molecular flexibility index (Phi) is 6.25. The van der Waals surface area contributed by atoms with Crippen LogP contribution >= 0.6 is 0 Å². The van der Waals surface area contributed by atoms with E-state index >= 15 is 0 Å². The molecule has 3 unspecified atom stereocenters. The monoisotopic (exact) mass is 284 g/mol. The molecule has 0 aliphatic carbocycles. The summed E-state index contributed by atoms with van der Waals surface area (Å²) in [5.74, 6) is -4.44. The van der Waals surface area contributed by atoms with E-state index in [1.807, 2.05) is 0 Å². The second kappa shape index (κ2) is 6.54. The number of ether oxygens (including phenoxy) is 1. The highest BCUT2D eigenvalue weighted by Gasteiger charge is 2.52. The van der Waals surface area contributed by atoms with E-state index in [0.717, 1.165) is 0 Å². The first-order chi connectivity index (χ1) is 8.23. The van der Waals surface area contributed by atoms with E-state index in [9.17, 15) is 25.2 Å². The quantitative estimate of drug-likeness (QED) is 0.251. The van der Waals surface area contributed by atoms with Crippen molar-refractivity contribution in [2.75, 3.05) is 6.61 Å².